The molecule has 1 aromatic carbocycles. The molecular weight excluding hydrogens is 251 g/mol. The molecule has 1 N–H and O–H groups in total. The zero-order chi connectivity index (χ0) is 14.5. The van der Waals surface area contributed by atoms with Crippen molar-refractivity contribution < 1.29 is 4.39 Å². The highest BCUT2D eigenvalue weighted by Crippen LogP contribution is 2.30. The number of halogens is 1. The van der Waals surface area contributed by atoms with Crippen LogP contribution in [0.1, 0.15) is 50.7 Å². The standard InChI is InChI=1S/C17H23FN2/c1-12(2)16-5-3-4-6-17(16)20-11-14-9-15(18)8-7-13(14)10-19/h7-9,12,16-17,20H,3-6,11H2,1-2H3. The fourth-order valence-corrected chi connectivity index (χ4v) is 3.27. The van der Waals surface area contributed by atoms with Gasteiger partial charge in [-0.1, -0.05) is 26.7 Å². The van der Waals surface area contributed by atoms with Crippen molar-refractivity contribution in [2.75, 3.05) is 0 Å². The highest BCUT2D eigenvalue weighted by atomic mass is 19.1. The van der Waals surface area contributed by atoms with Crippen LogP contribution in [0.5, 0.6) is 0 Å². The summed E-state index contributed by atoms with van der Waals surface area (Å²) in [6, 6.07) is 7.00. The van der Waals surface area contributed by atoms with Crippen molar-refractivity contribution in [3.8, 4) is 6.07 Å². The smallest absolute Gasteiger partial charge is 0.123 e. The summed E-state index contributed by atoms with van der Waals surface area (Å²) in [7, 11) is 0. The summed E-state index contributed by atoms with van der Waals surface area (Å²) in [5, 5.41) is 12.6. The monoisotopic (exact) mass is 274 g/mol. The second kappa shape index (κ2) is 6.85. The van der Waals surface area contributed by atoms with E-state index in [1.54, 1.807) is 6.07 Å². The molecule has 2 nitrogen and oxygen atoms in total. The molecule has 0 bridgehead atoms. The topological polar surface area (TPSA) is 35.8 Å². The molecule has 1 aromatic rings. The average molecular weight is 274 g/mol. The highest BCUT2D eigenvalue weighted by molar-refractivity contribution is 5.37. The Bertz CT molecular complexity index is 490. The summed E-state index contributed by atoms with van der Waals surface area (Å²) in [5.74, 6) is 1.07. The fourth-order valence-electron chi connectivity index (χ4n) is 3.27. The first-order valence-corrected chi connectivity index (χ1v) is 7.53. The molecule has 3 heteroatoms. The summed E-state index contributed by atoms with van der Waals surface area (Å²) in [4.78, 5) is 0. The number of benzene rings is 1. The van der Waals surface area contributed by atoms with E-state index in [1.807, 2.05) is 0 Å². The van der Waals surface area contributed by atoms with Gasteiger partial charge in [0.2, 0.25) is 0 Å². The van der Waals surface area contributed by atoms with E-state index in [2.05, 4.69) is 25.2 Å². The van der Waals surface area contributed by atoms with Crippen molar-refractivity contribution in [2.45, 2.75) is 52.1 Å². The van der Waals surface area contributed by atoms with E-state index in [-0.39, 0.29) is 5.82 Å². The predicted octanol–water partition coefficient (Wildman–Crippen LogP) is 4.00. The molecule has 0 radical (unpaired) electrons. The summed E-state index contributed by atoms with van der Waals surface area (Å²) >= 11 is 0. The Balaban J connectivity index is 2.04. The van der Waals surface area contributed by atoms with Crippen molar-refractivity contribution in [3.05, 3.63) is 35.1 Å². The van der Waals surface area contributed by atoms with Crippen LogP contribution in [0, 0.1) is 29.0 Å². The van der Waals surface area contributed by atoms with Crippen LogP contribution < -0.4 is 5.32 Å². The van der Waals surface area contributed by atoms with E-state index >= 15 is 0 Å². The number of nitrogens with zero attached hydrogens (tertiary/aromatic N) is 1. The van der Waals surface area contributed by atoms with E-state index in [0.717, 1.165) is 5.56 Å². The van der Waals surface area contributed by atoms with Crippen LogP contribution in [0.3, 0.4) is 0 Å². The molecule has 1 aliphatic carbocycles. The first kappa shape index (κ1) is 15.0. The van der Waals surface area contributed by atoms with Gasteiger partial charge in [0.25, 0.3) is 0 Å². The third-order valence-corrected chi connectivity index (χ3v) is 4.42. The van der Waals surface area contributed by atoms with Crippen molar-refractivity contribution in [1.82, 2.24) is 5.32 Å². The molecule has 1 fully saturated rings. The second-order valence-electron chi connectivity index (χ2n) is 6.09. The third kappa shape index (κ3) is 3.58. The van der Waals surface area contributed by atoms with Gasteiger partial charge in [0.15, 0.2) is 0 Å². The van der Waals surface area contributed by atoms with Gasteiger partial charge in [-0.2, -0.15) is 5.26 Å². The first-order chi connectivity index (χ1) is 9.61. The molecule has 0 aromatic heterocycles. The quantitative estimate of drug-likeness (QED) is 0.900. The maximum atomic E-state index is 13.3. The molecule has 0 aliphatic heterocycles. The molecular formula is C17H23FN2. The van der Waals surface area contributed by atoms with Crippen LogP contribution >= 0.6 is 0 Å². The van der Waals surface area contributed by atoms with Gasteiger partial charge in [0, 0.05) is 12.6 Å². The summed E-state index contributed by atoms with van der Waals surface area (Å²) < 4.78 is 13.3. The minimum atomic E-state index is -0.273. The van der Waals surface area contributed by atoms with Crippen LogP contribution in [0.15, 0.2) is 18.2 Å². The summed E-state index contributed by atoms with van der Waals surface area (Å²) in [6.07, 6.45) is 5.02. The molecule has 1 aliphatic rings. The molecule has 2 rings (SSSR count). The van der Waals surface area contributed by atoms with E-state index < -0.39 is 0 Å². The average Bonchev–Trinajstić information content (AvgIpc) is 2.45. The van der Waals surface area contributed by atoms with Gasteiger partial charge in [0.05, 0.1) is 11.6 Å². The highest BCUT2D eigenvalue weighted by Gasteiger charge is 2.27. The number of nitrogens with one attached hydrogen (secondary N) is 1. The molecule has 0 amide bonds. The number of hydrogen-bond acceptors (Lipinski definition) is 2. The SMILES string of the molecule is CC(C)C1CCCCC1NCc1cc(F)ccc1C#N. The lowest BCUT2D eigenvalue weighted by Crippen LogP contribution is -2.40. The zero-order valence-corrected chi connectivity index (χ0v) is 12.3. The largest absolute Gasteiger partial charge is 0.310 e. The van der Waals surface area contributed by atoms with Crippen molar-refractivity contribution >= 4 is 0 Å². The van der Waals surface area contributed by atoms with Crippen molar-refractivity contribution in [3.63, 3.8) is 0 Å². The number of rotatable bonds is 4. The fraction of sp³-hybridized carbons (Fsp3) is 0.588. The Labute approximate surface area is 121 Å². The molecule has 20 heavy (non-hydrogen) atoms. The van der Waals surface area contributed by atoms with Gasteiger partial charge in [0.1, 0.15) is 5.82 Å². The number of hydrogen-bond donors (Lipinski definition) is 1. The van der Waals surface area contributed by atoms with E-state index in [9.17, 15) is 4.39 Å². The van der Waals surface area contributed by atoms with Crippen LogP contribution in [-0.4, -0.2) is 6.04 Å². The van der Waals surface area contributed by atoms with Gasteiger partial charge in [-0.25, -0.2) is 4.39 Å². The van der Waals surface area contributed by atoms with Crippen molar-refractivity contribution in [1.29, 1.82) is 5.26 Å². The van der Waals surface area contributed by atoms with Crippen LogP contribution in [0.25, 0.3) is 0 Å². The molecule has 0 heterocycles. The van der Waals surface area contributed by atoms with Crippen LogP contribution in [0.2, 0.25) is 0 Å². The maximum absolute atomic E-state index is 13.3. The Morgan fingerprint density at radius 2 is 2.10 bits per heavy atom. The van der Waals surface area contributed by atoms with Crippen LogP contribution in [-0.2, 0) is 6.54 Å². The van der Waals surface area contributed by atoms with Crippen molar-refractivity contribution in [2.24, 2.45) is 11.8 Å². The Kier molecular flexibility index (Phi) is 5.14. The minimum absolute atomic E-state index is 0.273. The summed E-state index contributed by atoms with van der Waals surface area (Å²) in [6.45, 7) is 5.12. The van der Waals surface area contributed by atoms with Gasteiger partial charge < -0.3 is 5.32 Å². The van der Waals surface area contributed by atoms with Gasteiger partial charge in [-0.3, -0.25) is 0 Å². The Hall–Kier alpha value is -1.40. The molecule has 2 atom stereocenters. The lowest BCUT2D eigenvalue weighted by Gasteiger charge is -2.35. The van der Waals surface area contributed by atoms with Gasteiger partial charge in [-0.15, -0.1) is 0 Å². The van der Waals surface area contributed by atoms with Crippen LogP contribution in [0.4, 0.5) is 4.39 Å². The molecule has 1 saturated carbocycles. The third-order valence-electron chi connectivity index (χ3n) is 4.42. The zero-order valence-electron chi connectivity index (χ0n) is 12.3. The molecule has 0 saturated heterocycles. The maximum Gasteiger partial charge on any atom is 0.123 e. The van der Waals surface area contributed by atoms with E-state index in [1.165, 1.54) is 37.8 Å². The Morgan fingerprint density at radius 1 is 1.35 bits per heavy atom. The number of nitriles is 1. The molecule has 2 unspecified atom stereocenters. The lowest BCUT2D eigenvalue weighted by atomic mass is 9.78. The lowest BCUT2D eigenvalue weighted by molar-refractivity contribution is 0.204. The predicted molar refractivity (Wildman–Crippen MR) is 78.5 cm³/mol. The summed E-state index contributed by atoms with van der Waals surface area (Å²) in [5.41, 5.74) is 1.33. The van der Waals surface area contributed by atoms with E-state index in [0.29, 0.717) is 30.0 Å². The molecule has 0 spiro atoms. The Morgan fingerprint density at radius 3 is 2.80 bits per heavy atom. The minimum Gasteiger partial charge on any atom is -0.310 e. The van der Waals surface area contributed by atoms with Gasteiger partial charge in [-0.05, 0) is 48.4 Å². The van der Waals surface area contributed by atoms with Gasteiger partial charge >= 0.3 is 0 Å². The first-order valence-electron chi connectivity index (χ1n) is 7.53. The normalized spacial score (nSPS) is 22.8. The molecule has 108 valence electrons. The van der Waals surface area contributed by atoms with E-state index in [4.69, 9.17) is 5.26 Å². The second-order valence-corrected chi connectivity index (χ2v) is 6.09.